The zero-order chi connectivity index (χ0) is 49.9. The summed E-state index contributed by atoms with van der Waals surface area (Å²) in [5.74, 6) is -1.99. The molecule has 0 aromatic carbocycles. The lowest BCUT2D eigenvalue weighted by Crippen LogP contribution is -2.40. The molecule has 0 fully saturated rings. The molecule has 0 aliphatic carbocycles. The molecule has 396 valence electrons. The van der Waals surface area contributed by atoms with Crippen LogP contribution >= 0.6 is 0 Å². The number of carboxylic acid groups (broad SMARTS) is 1. The molecule has 9 heteroatoms. The third-order valence-corrected chi connectivity index (χ3v) is 12.3. The minimum atomic E-state index is -1.51. The first kappa shape index (κ1) is 65.2. The largest absolute Gasteiger partial charge is 0.477 e. The Hall–Kier alpha value is -2.75. The smallest absolute Gasteiger partial charge is 0.361 e. The van der Waals surface area contributed by atoms with E-state index in [0.29, 0.717) is 17.4 Å². The average molecular weight is 960 g/mol. The number of quaternary nitrogens is 1. The van der Waals surface area contributed by atoms with Crippen LogP contribution in [0.1, 0.15) is 251 Å². The number of hydrogen-bond acceptors (Lipinski definition) is 7. The predicted octanol–water partition coefficient (Wildman–Crippen LogP) is 16.3. The van der Waals surface area contributed by atoms with Crippen LogP contribution in [0.3, 0.4) is 0 Å². The van der Waals surface area contributed by atoms with Gasteiger partial charge >= 0.3 is 17.9 Å². The average Bonchev–Trinajstić information content (AvgIpc) is 3.30. The Bertz CT molecular complexity index is 1250. The molecule has 0 saturated carbocycles. The molecule has 68 heavy (non-hydrogen) atoms. The molecule has 0 bridgehead atoms. The van der Waals surface area contributed by atoms with Gasteiger partial charge in [-0.3, -0.25) is 9.59 Å². The van der Waals surface area contributed by atoms with Crippen LogP contribution in [0.4, 0.5) is 0 Å². The van der Waals surface area contributed by atoms with E-state index in [-0.39, 0.29) is 32.2 Å². The fraction of sp³-hybridized carbons (Fsp3) is 0.814. The highest BCUT2D eigenvalue weighted by Crippen LogP contribution is 2.17. The number of likely N-dealkylation sites (N-methyl/N-ethyl adjacent to an activating group) is 1. The Morgan fingerprint density at radius 1 is 0.456 bits per heavy atom. The van der Waals surface area contributed by atoms with Crippen molar-refractivity contribution in [3.63, 3.8) is 0 Å². The first-order valence-electron chi connectivity index (χ1n) is 28.3. The van der Waals surface area contributed by atoms with Gasteiger partial charge in [0.15, 0.2) is 6.10 Å². The van der Waals surface area contributed by atoms with Gasteiger partial charge in [0.05, 0.1) is 34.4 Å². The molecule has 0 spiro atoms. The zero-order valence-corrected chi connectivity index (χ0v) is 45.0. The summed E-state index contributed by atoms with van der Waals surface area (Å²) in [7, 11) is 5.97. The molecule has 0 amide bonds. The van der Waals surface area contributed by atoms with Gasteiger partial charge in [-0.05, 0) is 51.4 Å². The van der Waals surface area contributed by atoms with Crippen molar-refractivity contribution in [1.82, 2.24) is 0 Å². The maximum Gasteiger partial charge on any atom is 0.361 e. The summed E-state index contributed by atoms with van der Waals surface area (Å²) in [4.78, 5) is 37.2. The van der Waals surface area contributed by atoms with Crippen molar-refractivity contribution in [2.24, 2.45) is 0 Å². The SMILES string of the molecule is CC/C=C\C/C=C\C/C=C\C/C=C\CCCCCCCCCCCCCCCCCCCCCCC(=O)OC(COC(=O)CCCCCCCCCCCC)COC(OCC[N+](C)(C)C)C(=O)O. The zero-order valence-electron chi connectivity index (χ0n) is 45.0. The monoisotopic (exact) mass is 959 g/mol. The molecule has 2 atom stereocenters. The van der Waals surface area contributed by atoms with E-state index in [1.165, 1.54) is 161 Å². The van der Waals surface area contributed by atoms with Gasteiger partial charge in [-0.15, -0.1) is 0 Å². The molecule has 1 N–H and O–H groups in total. The van der Waals surface area contributed by atoms with E-state index in [1.807, 2.05) is 21.1 Å². The summed E-state index contributed by atoms with van der Waals surface area (Å²) < 4.78 is 22.8. The highest BCUT2D eigenvalue weighted by molar-refractivity contribution is 5.71. The van der Waals surface area contributed by atoms with Gasteiger partial charge in [0, 0.05) is 12.8 Å². The van der Waals surface area contributed by atoms with Crippen LogP contribution in [-0.4, -0.2) is 87.4 Å². The Balaban J connectivity index is 4.01. The van der Waals surface area contributed by atoms with Crippen LogP contribution in [0.15, 0.2) is 48.6 Å². The molecule has 0 rings (SSSR count). The molecular weight excluding hydrogens is 851 g/mol. The number of nitrogens with zero attached hydrogens (tertiary/aromatic N) is 1. The maximum atomic E-state index is 12.8. The van der Waals surface area contributed by atoms with E-state index >= 15 is 0 Å². The van der Waals surface area contributed by atoms with Crippen LogP contribution in [-0.2, 0) is 33.3 Å². The molecule has 0 aromatic rings. The molecular formula is C59H108NO8+. The molecule has 0 saturated heterocycles. The number of rotatable bonds is 52. The lowest BCUT2D eigenvalue weighted by atomic mass is 10.0. The van der Waals surface area contributed by atoms with Crippen LogP contribution in [0.5, 0.6) is 0 Å². The third kappa shape index (κ3) is 51.1. The summed E-state index contributed by atoms with van der Waals surface area (Å²) in [6, 6.07) is 0. The number of hydrogen-bond donors (Lipinski definition) is 1. The van der Waals surface area contributed by atoms with Crippen molar-refractivity contribution in [1.29, 1.82) is 0 Å². The number of carbonyl (C=O) groups is 3. The van der Waals surface area contributed by atoms with Crippen LogP contribution in [0, 0.1) is 0 Å². The molecule has 9 nitrogen and oxygen atoms in total. The fourth-order valence-corrected chi connectivity index (χ4v) is 8.01. The number of ether oxygens (including phenoxy) is 4. The summed E-state index contributed by atoms with van der Waals surface area (Å²) in [5, 5.41) is 9.66. The second-order valence-electron chi connectivity index (χ2n) is 20.2. The second kappa shape index (κ2) is 50.6. The predicted molar refractivity (Wildman–Crippen MR) is 286 cm³/mol. The lowest BCUT2D eigenvalue weighted by Gasteiger charge is -2.25. The molecule has 2 unspecified atom stereocenters. The molecule has 0 radical (unpaired) electrons. The van der Waals surface area contributed by atoms with Crippen molar-refractivity contribution in [3.8, 4) is 0 Å². The molecule has 0 heterocycles. The summed E-state index contributed by atoms with van der Waals surface area (Å²) in [5.41, 5.74) is 0. The van der Waals surface area contributed by atoms with Crippen LogP contribution in [0.2, 0.25) is 0 Å². The van der Waals surface area contributed by atoms with Crippen LogP contribution in [0.25, 0.3) is 0 Å². The highest BCUT2D eigenvalue weighted by Gasteiger charge is 2.25. The Morgan fingerprint density at radius 2 is 0.838 bits per heavy atom. The van der Waals surface area contributed by atoms with Crippen molar-refractivity contribution in [2.45, 2.75) is 264 Å². The van der Waals surface area contributed by atoms with E-state index < -0.39 is 24.3 Å². The summed E-state index contributed by atoms with van der Waals surface area (Å²) in [6.07, 6.45) is 59.3. The Kier molecular flexibility index (Phi) is 48.6. The maximum absolute atomic E-state index is 12.8. The van der Waals surface area contributed by atoms with Crippen molar-refractivity contribution >= 4 is 17.9 Å². The van der Waals surface area contributed by atoms with Gasteiger partial charge in [-0.1, -0.05) is 236 Å². The molecule has 0 aliphatic rings. The Morgan fingerprint density at radius 3 is 1.25 bits per heavy atom. The molecule has 0 aromatic heterocycles. The Labute approximate surface area is 419 Å². The topological polar surface area (TPSA) is 108 Å². The van der Waals surface area contributed by atoms with Crippen molar-refractivity contribution in [2.75, 3.05) is 47.5 Å². The quantitative estimate of drug-likeness (QED) is 0.0211. The number of carbonyl (C=O) groups excluding carboxylic acids is 2. The van der Waals surface area contributed by atoms with Gasteiger partial charge in [-0.2, -0.15) is 0 Å². The third-order valence-electron chi connectivity index (χ3n) is 12.3. The van der Waals surface area contributed by atoms with Gasteiger partial charge in [0.1, 0.15) is 13.2 Å². The van der Waals surface area contributed by atoms with Crippen molar-refractivity contribution in [3.05, 3.63) is 48.6 Å². The van der Waals surface area contributed by atoms with E-state index in [4.69, 9.17) is 18.9 Å². The first-order valence-corrected chi connectivity index (χ1v) is 28.3. The van der Waals surface area contributed by atoms with Crippen LogP contribution < -0.4 is 0 Å². The first-order chi connectivity index (χ1) is 33.1. The van der Waals surface area contributed by atoms with Gasteiger partial charge in [-0.25, -0.2) is 4.79 Å². The van der Waals surface area contributed by atoms with Gasteiger partial charge in [0.2, 0.25) is 0 Å². The summed E-state index contributed by atoms with van der Waals surface area (Å²) >= 11 is 0. The number of carboxylic acids is 1. The summed E-state index contributed by atoms with van der Waals surface area (Å²) in [6.45, 7) is 4.77. The number of unbranched alkanes of at least 4 members (excludes halogenated alkanes) is 29. The second-order valence-corrected chi connectivity index (χ2v) is 20.2. The minimum Gasteiger partial charge on any atom is -0.477 e. The number of esters is 2. The fourth-order valence-electron chi connectivity index (χ4n) is 8.01. The number of aliphatic carboxylic acids is 1. The van der Waals surface area contributed by atoms with E-state index in [0.717, 1.165) is 64.2 Å². The minimum absolute atomic E-state index is 0.177. The van der Waals surface area contributed by atoms with E-state index in [9.17, 15) is 19.5 Å². The number of allylic oxidation sites excluding steroid dienone is 8. The van der Waals surface area contributed by atoms with E-state index in [2.05, 4.69) is 62.5 Å². The standard InChI is InChI=1S/C59H107NO8/c1-6-8-10-12-14-16-18-19-20-21-22-23-24-25-26-27-28-29-30-31-32-33-34-35-36-37-38-39-40-42-44-46-48-50-57(62)68-55(54-67-59(58(63)64)65-52-51-60(3,4)5)53-66-56(61)49-47-45-43-41-17-15-13-11-9-7-2/h8,10,14,16,19-20,22-23,55,59H,6-7,9,11-13,15,17-18,21,24-54H2,1-5H3/p+1/b10-8-,16-14-,20-19-,23-22-. The van der Waals surface area contributed by atoms with Crippen molar-refractivity contribution < 1.29 is 42.9 Å². The van der Waals surface area contributed by atoms with Gasteiger partial charge < -0.3 is 28.5 Å². The lowest BCUT2D eigenvalue weighted by molar-refractivity contribution is -0.870. The normalized spacial score (nSPS) is 13.1. The highest BCUT2D eigenvalue weighted by atomic mass is 16.7. The molecule has 0 aliphatic heterocycles. The van der Waals surface area contributed by atoms with Gasteiger partial charge in [0.25, 0.3) is 6.29 Å². The van der Waals surface area contributed by atoms with E-state index in [1.54, 1.807) is 0 Å².